The Morgan fingerprint density at radius 2 is 2.10 bits per heavy atom. The van der Waals surface area contributed by atoms with E-state index in [1.54, 1.807) is 22.1 Å². The molecule has 152 valence electrons. The number of carbonyl (C=O) groups excluding carboxylic acids is 2. The van der Waals surface area contributed by atoms with Crippen molar-refractivity contribution in [2.45, 2.75) is 6.42 Å². The normalized spacial score (nSPS) is 17.1. The number of methoxy groups -OCH3 is 1. The molecule has 6 nitrogen and oxygen atoms in total. The largest absolute Gasteiger partial charge is 0.375 e. The van der Waals surface area contributed by atoms with Crippen molar-refractivity contribution in [3.63, 3.8) is 0 Å². The monoisotopic (exact) mass is 393 g/mol. The number of hydrogen-bond acceptors (Lipinski definition) is 4. The van der Waals surface area contributed by atoms with E-state index in [9.17, 15) is 9.59 Å². The summed E-state index contributed by atoms with van der Waals surface area (Å²) in [6, 6.07) is 12.1. The Morgan fingerprint density at radius 1 is 1.28 bits per heavy atom. The van der Waals surface area contributed by atoms with E-state index in [-0.39, 0.29) is 24.3 Å². The smallest absolute Gasteiger partial charge is 0.248 e. The Kier molecular flexibility index (Phi) is 7.14. The van der Waals surface area contributed by atoms with Gasteiger partial charge >= 0.3 is 0 Å². The van der Waals surface area contributed by atoms with Gasteiger partial charge in [-0.2, -0.15) is 0 Å². The van der Waals surface area contributed by atoms with Crippen LogP contribution in [0.2, 0.25) is 0 Å². The Morgan fingerprint density at radius 3 is 2.83 bits per heavy atom. The molecule has 1 atom stereocenters. The molecule has 0 saturated carbocycles. The molecule has 2 amide bonds. The van der Waals surface area contributed by atoms with Crippen LogP contribution in [0.5, 0.6) is 0 Å². The van der Waals surface area contributed by atoms with Crippen molar-refractivity contribution in [1.82, 2.24) is 14.8 Å². The van der Waals surface area contributed by atoms with Crippen LogP contribution < -0.4 is 0 Å². The molecule has 1 aliphatic rings. The molecular weight excluding hydrogens is 366 g/mol. The molecule has 2 heterocycles. The average molecular weight is 393 g/mol. The van der Waals surface area contributed by atoms with E-state index in [0.29, 0.717) is 32.6 Å². The Bertz CT molecular complexity index is 853. The van der Waals surface area contributed by atoms with Crippen molar-refractivity contribution in [1.29, 1.82) is 0 Å². The van der Waals surface area contributed by atoms with Gasteiger partial charge in [0.25, 0.3) is 0 Å². The van der Waals surface area contributed by atoms with Crippen LogP contribution >= 0.6 is 0 Å². The van der Waals surface area contributed by atoms with E-state index in [4.69, 9.17) is 4.74 Å². The second kappa shape index (κ2) is 9.98. The van der Waals surface area contributed by atoms with Crippen LogP contribution in [0.3, 0.4) is 0 Å². The van der Waals surface area contributed by atoms with Gasteiger partial charge in [0.2, 0.25) is 11.8 Å². The fourth-order valence-electron chi connectivity index (χ4n) is 3.67. The van der Waals surface area contributed by atoms with Crippen molar-refractivity contribution >= 4 is 11.8 Å². The summed E-state index contributed by atoms with van der Waals surface area (Å²) in [5, 5.41) is 0. The number of rotatable bonds is 7. The fraction of sp³-hybridized carbons (Fsp3) is 0.348. The first-order chi connectivity index (χ1) is 14.1. The third kappa shape index (κ3) is 5.29. The van der Waals surface area contributed by atoms with E-state index >= 15 is 0 Å². The lowest BCUT2D eigenvalue weighted by atomic mass is 9.95. The van der Waals surface area contributed by atoms with Crippen molar-refractivity contribution in [2.75, 3.05) is 39.9 Å². The lowest BCUT2D eigenvalue weighted by Crippen LogP contribution is -2.39. The highest BCUT2D eigenvalue weighted by atomic mass is 16.5. The summed E-state index contributed by atoms with van der Waals surface area (Å²) >= 11 is 0. The summed E-state index contributed by atoms with van der Waals surface area (Å²) in [5.41, 5.74) is 3.16. The van der Waals surface area contributed by atoms with Gasteiger partial charge in [-0.3, -0.25) is 14.6 Å². The van der Waals surface area contributed by atoms with Crippen LogP contribution in [0.1, 0.15) is 5.56 Å². The van der Waals surface area contributed by atoms with Crippen LogP contribution in [-0.4, -0.2) is 66.5 Å². The van der Waals surface area contributed by atoms with Crippen molar-refractivity contribution in [3.8, 4) is 11.1 Å². The molecule has 1 aromatic heterocycles. The predicted molar refractivity (Wildman–Crippen MR) is 112 cm³/mol. The number of ether oxygens (including phenoxy) is 1. The zero-order valence-corrected chi connectivity index (χ0v) is 16.8. The fourth-order valence-corrected chi connectivity index (χ4v) is 3.67. The van der Waals surface area contributed by atoms with Crippen LogP contribution in [0.25, 0.3) is 11.1 Å². The second-order valence-corrected chi connectivity index (χ2v) is 7.19. The molecule has 1 fully saturated rings. The highest BCUT2D eigenvalue weighted by Crippen LogP contribution is 2.23. The minimum Gasteiger partial charge on any atom is -0.375 e. The molecule has 0 aliphatic carbocycles. The summed E-state index contributed by atoms with van der Waals surface area (Å²) in [4.78, 5) is 33.2. The number of carbonyl (C=O) groups is 2. The standard InChI is InChI=1S/C23H27N3O3/c1-3-10-25-11-12-26(22(27)17-29-2)16-21(23(25)28)14-18-6-4-7-19(13-18)20-8-5-9-24-15-20/h3-9,13,15,21H,1,10-12,14,16-17H2,2H3. The Balaban J connectivity index is 1.83. The summed E-state index contributed by atoms with van der Waals surface area (Å²) in [7, 11) is 1.51. The first-order valence-electron chi connectivity index (χ1n) is 9.78. The van der Waals surface area contributed by atoms with E-state index in [2.05, 4.69) is 17.6 Å². The number of nitrogens with zero attached hydrogens (tertiary/aromatic N) is 3. The molecule has 29 heavy (non-hydrogen) atoms. The second-order valence-electron chi connectivity index (χ2n) is 7.19. The summed E-state index contributed by atoms with van der Waals surface area (Å²) < 4.78 is 5.01. The van der Waals surface area contributed by atoms with Crippen LogP contribution in [0.4, 0.5) is 0 Å². The number of pyridine rings is 1. The first-order valence-corrected chi connectivity index (χ1v) is 9.78. The van der Waals surface area contributed by atoms with Gasteiger partial charge in [0.1, 0.15) is 6.61 Å². The minimum atomic E-state index is -0.303. The van der Waals surface area contributed by atoms with Crippen LogP contribution in [-0.2, 0) is 20.7 Å². The number of benzene rings is 1. The van der Waals surface area contributed by atoms with Gasteiger partial charge in [-0.15, -0.1) is 6.58 Å². The van der Waals surface area contributed by atoms with Crippen LogP contribution in [0, 0.1) is 5.92 Å². The highest BCUT2D eigenvalue weighted by molar-refractivity contribution is 5.83. The van der Waals surface area contributed by atoms with Gasteiger partial charge in [0, 0.05) is 45.7 Å². The van der Waals surface area contributed by atoms with Gasteiger partial charge in [-0.25, -0.2) is 0 Å². The maximum Gasteiger partial charge on any atom is 0.248 e. The molecule has 1 aliphatic heterocycles. The predicted octanol–water partition coefficient (Wildman–Crippen LogP) is 2.41. The summed E-state index contributed by atoms with van der Waals surface area (Å²) in [5.74, 6) is -0.332. The SMILES string of the molecule is C=CCN1CCN(C(=O)COC)CC(Cc2cccc(-c3cccnc3)c2)C1=O. The van der Waals surface area contributed by atoms with Gasteiger partial charge in [-0.05, 0) is 29.2 Å². The van der Waals surface area contributed by atoms with E-state index < -0.39 is 0 Å². The summed E-state index contributed by atoms with van der Waals surface area (Å²) in [6.45, 7) is 5.68. The zero-order chi connectivity index (χ0) is 20.6. The quantitative estimate of drug-likeness (QED) is 0.678. The Hall–Kier alpha value is -2.99. The maximum atomic E-state index is 13.1. The maximum absolute atomic E-state index is 13.1. The molecule has 1 saturated heterocycles. The molecular formula is C23H27N3O3. The molecule has 1 aromatic carbocycles. The molecule has 1 unspecified atom stereocenters. The number of amides is 2. The van der Waals surface area contributed by atoms with Crippen molar-refractivity contribution < 1.29 is 14.3 Å². The van der Waals surface area contributed by atoms with E-state index in [0.717, 1.165) is 16.7 Å². The molecule has 6 heteroatoms. The molecule has 3 rings (SSSR count). The topological polar surface area (TPSA) is 62.7 Å². The third-order valence-electron chi connectivity index (χ3n) is 5.12. The first kappa shape index (κ1) is 20.7. The molecule has 0 N–H and O–H groups in total. The minimum absolute atomic E-state index is 0.0266. The van der Waals surface area contributed by atoms with Gasteiger partial charge in [0.05, 0.1) is 5.92 Å². The van der Waals surface area contributed by atoms with Crippen molar-refractivity contribution in [2.24, 2.45) is 5.92 Å². The lowest BCUT2D eigenvalue weighted by Gasteiger charge is -2.23. The molecule has 0 bridgehead atoms. The van der Waals surface area contributed by atoms with Crippen molar-refractivity contribution in [3.05, 3.63) is 67.0 Å². The van der Waals surface area contributed by atoms with Gasteiger partial charge in [0.15, 0.2) is 0 Å². The molecule has 0 radical (unpaired) electrons. The number of aromatic nitrogens is 1. The van der Waals surface area contributed by atoms with E-state index in [1.807, 2.05) is 36.5 Å². The average Bonchev–Trinajstić information content (AvgIpc) is 2.89. The third-order valence-corrected chi connectivity index (χ3v) is 5.12. The van der Waals surface area contributed by atoms with Gasteiger partial charge < -0.3 is 14.5 Å². The highest BCUT2D eigenvalue weighted by Gasteiger charge is 2.31. The summed E-state index contributed by atoms with van der Waals surface area (Å²) in [6.07, 6.45) is 5.87. The van der Waals surface area contributed by atoms with E-state index in [1.165, 1.54) is 7.11 Å². The van der Waals surface area contributed by atoms with Gasteiger partial charge in [-0.1, -0.05) is 36.4 Å². The molecule has 2 aromatic rings. The Labute approximate surface area is 171 Å². The van der Waals surface area contributed by atoms with Crippen LogP contribution in [0.15, 0.2) is 61.4 Å². The number of hydrogen-bond donors (Lipinski definition) is 0. The zero-order valence-electron chi connectivity index (χ0n) is 16.8. The lowest BCUT2D eigenvalue weighted by molar-refractivity contribution is -0.136. The molecule has 0 spiro atoms.